The molecule has 0 aliphatic heterocycles. The summed E-state index contributed by atoms with van der Waals surface area (Å²) < 4.78 is 4.99. The van der Waals surface area contributed by atoms with Crippen molar-refractivity contribution in [1.29, 1.82) is 0 Å². The van der Waals surface area contributed by atoms with E-state index in [1.807, 2.05) is 11.8 Å². The number of ether oxygens (including phenoxy) is 1. The van der Waals surface area contributed by atoms with E-state index in [-0.39, 0.29) is 0 Å². The first-order valence-corrected chi connectivity index (χ1v) is 4.88. The molecule has 0 N–H and O–H groups in total. The Hall–Kier alpha value is 0.600. The van der Waals surface area contributed by atoms with Crippen molar-refractivity contribution in [1.82, 2.24) is 0 Å². The average Bonchev–Trinajstić information content (AvgIpc) is 1.88. The molecule has 0 aromatic carbocycles. The van der Waals surface area contributed by atoms with Crippen LogP contribution in [-0.2, 0) is 4.74 Å². The Morgan fingerprint density at radius 3 is 2.40 bits per heavy atom. The highest BCUT2D eigenvalue weighted by Crippen LogP contribution is 2.18. The monoisotopic (exact) mass is 182 g/mol. The smallest absolute Gasteiger partial charge is 0.0578 e. The van der Waals surface area contributed by atoms with E-state index < -0.39 is 0 Å². The molecule has 0 bridgehead atoms. The van der Waals surface area contributed by atoms with E-state index in [0.29, 0.717) is 10.5 Å². The van der Waals surface area contributed by atoms with Crippen molar-refractivity contribution in [2.45, 2.75) is 24.3 Å². The third-order valence-electron chi connectivity index (χ3n) is 1.08. The quantitative estimate of drug-likeness (QED) is 0.604. The molecule has 0 fully saturated rings. The standard InChI is InChI=1S/C7H15ClOS/c1-6(4-8)10-7(2)5-9-3/h6-7H,4-5H2,1-3H3. The van der Waals surface area contributed by atoms with Crippen LogP contribution >= 0.6 is 23.4 Å². The fraction of sp³-hybridized carbons (Fsp3) is 1.00. The number of hydrogen-bond acceptors (Lipinski definition) is 2. The molecule has 0 radical (unpaired) electrons. The number of thioether (sulfide) groups is 1. The van der Waals surface area contributed by atoms with Crippen LogP contribution in [0.25, 0.3) is 0 Å². The number of rotatable bonds is 5. The van der Waals surface area contributed by atoms with Gasteiger partial charge in [0.1, 0.15) is 0 Å². The van der Waals surface area contributed by atoms with Gasteiger partial charge in [-0.1, -0.05) is 13.8 Å². The van der Waals surface area contributed by atoms with Crippen LogP contribution in [0.5, 0.6) is 0 Å². The van der Waals surface area contributed by atoms with Gasteiger partial charge in [0.05, 0.1) is 6.61 Å². The zero-order valence-electron chi connectivity index (χ0n) is 6.76. The lowest BCUT2D eigenvalue weighted by atomic mass is 10.5. The highest BCUT2D eigenvalue weighted by atomic mass is 35.5. The van der Waals surface area contributed by atoms with E-state index in [2.05, 4.69) is 13.8 Å². The fourth-order valence-corrected chi connectivity index (χ4v) is 2.01. The molecular weight excluding hydrogens is 168 g/mol. The summed E-state index contributed by atoms with van der Waals surface area (Å²) in [6.07, 6.45) is 0. The molecule has 0 spiro atoms. The lowest BCUT2D eigenvalue weighted by Crippen LogP contribution is -2.11. The van der Waals surface area contributed by atoms with Crippen LogP contribution in [0, 0.1) is 0 Å². The summed E-state index contributed by atoms with van der Waals surface area (Å²) in [5.74, 6) is 0.721. The van der Waals surface area contributed by atoms with Crippen molar-refractivity contribution < 1.29 is 4.74 Å². The number of methoxy groups -OCH3 is 1. The molecule has 0 aromatic heterocycles. The first-order valence-electron chi connectivity index (χ1n) is 3.41. The SMILES string of the molecule is COCC(C)SC(C)CCl. The molecule has 0 saturated heterocycles. The van der Waals surface area contributed by atoms with E-state index in [0.717, 1.165) is 12.5 Å². The molecule has 0 rings (SSSR count). The van der Waals surface area contributed by atoms with Gasteiger partial charge in [0.15, 0.2) is 0 Å². The molecule has 0 heterocycles. The minimum Gasteiger partial charge on any atom is -0.384 e. The Kier molecular flexibility index (Phi) is 6.70. The van der Waals surface area contributed by atoms with Crippen molar-refractivity contribution in [3.63, 3.8) is 0 Å². The van der Waals surface area contributed by atoms with Crippen LogP contribution in [0.15, 0.2) is 0 Å². The second-order valence-electron chi connectivity index (χ2n) is 2.37. The zero-order valence-corrected chi connectivity index (χ0v) is 8.34. The molecule has 0 amide bonds. The normalized spacial score (nSPS) is 16.8. The Bertz CT molecular complexity index is 80.0. The minimum absolute atomic E-state index is 0.534. The van der Waals surface area contributed by atoms with Crippen molar-refractivity contribution in [3.8, 4) is 0 Å². The van der Waals surface area contributed by atoms with Gasteiger partial charge in [0.2, 0.25) is 0 Å². The van der Waals surface area contributed by atoms with Gasteiger partial charge in [-0.3, -0.25) is 0 Å². The van der Waals surface area contributed by atoms with Gasteiger partial charge in [-0.25, -0.2) is 0 Å². The Morgan fingerprint density at radius 2 is 2.00 bits per heavy atom. The van der Waals surface area contributed by atoms with Gasteiger partial charge in [-0.05, 0) is 0 Å². The molecule has 0 aromatic rings. The molecule has 2 atom stereocenters. The Morgan fingerprint density at radius 1 is 1.40 bits per heavy atom. The summed E-state index contributed by atoms with van der Waals surface area (Å²) in [6, 6.07) is 0. The summed E-state index contributed by atoms with van der Waals surface area (Å²) in [5, 5.41) is 1.09. The van der Waals surface area contributed by atoms with Crippen LogP contribution in [-0.4, -0.2) is 30.1 Å². The summed E-state index contributed by atoms with van der Waals surface area (Å²) in [7, 11) is 1.72. The molecule has 1 nitrogen and oxygen atoms in total. The fourth-order valence-electron chi connectivity index (χ4n) is 0.707. The molecule has 3 heteroatoms. The summed E-state index contributed by atoms with van der Waals surface area (Å²) >= 11 is 7.50. The number of halogens is 1. The van der Waals surface area contributed by atoms with Gasteiger partial charge in [0.25, 0.3) is 0 Å². The first-order chi connectivity index (χ1) is 4.70. The first kappa shape index (κ1) is 10.6. The molecule has 10 heavy (non-hydrogen) atoms. The maximum absolute atomic E-state index is 5.63. The maximum atomic E-state index is 5.63. The molecule has 0 aliphatic carbocycles. The summed E-state index contributed by atoms with van der Waals surface area (Å²) in [6.45, 7) is 5.09. The topological polar surface area (TPSA) is 9.23 Å². The van der Waals surface area contributed by atoms with E-state index in [1.165, 1.54) is 0 Å². The van der Waals surface area contributed by atoms with Gasteiger partial charge in [-0.2, -0.15) is 11.8 Å². The predicted molar refractivity (Wildman–Crippen MR) is 49.1 cm³/mol. The summed E-state index contributed by atoms with van der Waals surface area (Å²) in [5.41, 5.74) is 0. The van der Waals surface area contributed by atoms with Crippen LogP contribution < -0.4 is 0 Å². The second kappa shape index (κ2) is 6.32. The highest BCUT2D eigenvalue weighted by molar-refractivity contribution is 8.00. The largest absolute Gasteiger partial charge is 0.384 e. The third-order valence-corrected chi connectivity index (χ3v) is 2.96. The van der Waals surface area contributed by atoms with Gasteiger partial charge in [0, 0.05) is 23.5 Å². The zero-order chi connectivity index (χ0) is 7.98. The average molecular weight is 183 g/mol. The van der Waals surface area contributed by atoms with Crippen molar-refractivity contribution >= 4 is 23.4 Å². The van der Waals surface area contributed by atoms with Crippen molar-refractivity contribution in [2.75, 3.05) is 19.6 Å². The molecule has 62 valence electrons. The summed E-state index contributed by atoms with van der Waals surface area (Å²) in [4.78, 5) is 0. The molecular formula is C7H15ClOS. The molecule has 0 aliphatic rings. The van der Waals surface area contributed by atoms with E-state index in [1.54, 1.807) is 7.11 Å². The van der Waals surface area contributed by atoms with Crippen molar-refractivity contribution in [2.24, 2.45) is 0 Å². The van der Waals surface area contributed by atoms with Gasteiger partial charge < -0.3 is 4.74 Å². The molecule has 2 unspecified atom stereocenters. The molecule has 0 saturated carbocycles. The van der Waals surface area contributed by atoms with Gasteiger partial charge in [-0.15, -0.1) is 11.6 Å². The highest BCUT2D eigenvalue weighted by Gasteiger charge is 2.06. The third kappa shape index (κ3) is 5.39. The maximum Gasteiger partial charge on any atom is 0.0578 e. The van der Waals surface area contributed by atoms with Crippen LogP contribution in [0.4, 0.5) is 0 Å². The van der Waals surface area contributed by atoms with E-state index in [4.69, 9.17) is 16.3 Å². The lowest BCUT2D eigenvalue weighted by Gasteiger charge is -2.13. The van der Waals surface area contributed by atoms with E-state index in [9.17, 15) is 0 Å². The van der Waals surface area contributed by atoms with Crippen LogP contribution in [0.2, 0.25) is 0 Å². The van der Waals surface area contributed by atoms with Crippen LogP contribution in [0.1, 0.15) is 13.8 Å². The van der Waals surface area contributed by atoms with Crippen LogP contribution in [0.3, 0.4) is 0 Å². The van der Waals surface area contributed by atoms with Gasteiger partial charge >= 0.3 is 0 Å². The second-order valence-corrected chi connectivity index (χ2v) is 4.56. The minimum atomic E-state index is 0.534. The number of hydrogen-bond donors (Lipinski definition) is 0. The number of alkyl halides is 1. The van der Waals surface area contributed by atoms with E-state index >= 15 is 0 Å². The van der Waals surface area contributed by atoms with Crippen molar-refractivity contribution in [3.05, 3.63) is 0 Å². The lowest BCUT2D eigenvalue weighted by molar-refractivity contribution is 0.203. The Balaban J connectivity index is 3.27. The Labute approximate surface area is 72.5 Å². The predicted octanol–water partition coefficient (Wildman–Crippen LogP) is 2.38.